The standard InChI is InChI=1S/C31H36N2O3/c1-3-5-27-20-26(16-17-29(27)33-31(36)32-28-7-4-6-21(2)18-28)25-14-12-24(13-15-25)23-10-8-22(9-11-23)19-30(34)35/h4,6-7,12-18,20,22-23H,3,5,8-11,19H2,1-2H3,(H,34,35)(H2,32,33,36). The largest absolute Gasteiger partial charge is 0.481 e. The molecule has 5 nitrogen and oxygen atoms in total. The van der Waals surface area contributed by atoms with Crippen molar-refractivity contribution >= 4 is 23.4 Å². The summed E-state index contributed by atoms with van der Waals surface area (Å²) in [5.41, 5.74) is 7.46. The maximum absolute atomic E-state index is 12.6. The maximum atomic E-state index is 12.6. The highest BCUT2D eigenvalue weighted by Gasteiger charge is 2.24. The first-order valence-electron chi connectivity index (χ1n) is 13.0. The smallest absolute Gasteiger partial charge is 0.323 e. The van der Waals surface area contributed by atoms with E-state index in [2.05, 4.69) is 54.0 Å². The first-order valence-corrected chi connectivity index (χ1v) is 13.0. The molecule has 36 heavy (non-hydrogen) atoms. The van der Waals surface area contributed by atoms with Crippen molar-refractivity contribution in [2.75, 3.05) is 10.6 Å². The molecule has 3 N–H and O–H groups in total. The van der Waals surface area contributed by atoms with Crippen molar-refractivity contribution in [3.05, 3.63) is 83.4 Å². The third-order valence-corrected chi connectivity index (χ3v) is 7.17. The molecule has 1 fully saturated rings. The average molecular weight is 485 g/mol. The van der Waals surface area contributed by atoms with E-state index in [1.54, 1.807) is 0 Å². The van der Waals surface area contributed by atoms with Gasteiger partial charge >= 0.3 is 12.0 Å². The number of amides is 2. The van der Waals surface area contributed by atoms with E-state index in [1.165, 1.54) is 5.56 Å². The number of carboxylic acid groups (broad SMARTS) is 1. The van der Waals surface area contributed by atoms with Crippen molar-refractivity contribution in [2.45, 2.75) is 64.7 Å². The Bertz CT molecular complexity index is 1190. The molecule has 0 aromatic heterocycles. The molecule has 0 unspecified atom stereocenters. The lowest BCUT2D eigenvalue weighted by molar-refractivity contribution is -0.138. The summed E-state index contributed by atoms with van der Waals surface area (Å²) in [6.45, 7) is 4.14. The van der Waals surface area contributed by atoms with E-state index >= 15 is 0 Å². The lowest BCUT2D eigenvalue weighted by atomic mass is 9.77. The number of benzene rings is 3. The van der Waals surface area contributed by atoms with Crippen LogP contribution in [-0.2, 0) is 11.2 Å². The van der Waals surface area contributed by atoms with Gasteiger partial charge in [-0.05, 0) is 103 Å². The van der Waals surface area contributed by atoms with E-state index in [9.17, 15) is 9.59 Å². The average Bonchev–Trinajstić information content (AvgIpc) is 2.85. The van der Waals surface area contributed by atoms with Gasteiger partial charge in [0, 0.05) is 17.8 Å². The Hall–Kier alpha value is -3.60. The number of rotatable bonds is 8. The van der Waals surface area contributed by atoms with Gasteiger partial charge in [0.2, 0.25) is 0 Å². The molecule has 3 aromatic carbocycles. The second-order valence-electron chi connectivity index (χ2n) is 10.0. The minimum Gasteiger partial charge on any atom is -0.481 e. The third kappa shape index (κ3) is 6.75. The molecule has 1 aliphatic rings. The highest BCUT2D eigenvalue weighted by Crippen LogP contribution is 2.38. The Labute approximate surface area is 214 Å². The van der Waals surface area contributed by atoms with Crippen LogP contribution in [0, 0.1) is 12.8 Å². The highest BCUT2D eigenvalue weighted by atomic mass is 16.4. The molecule has 0 aliphatic heterocycles. The minimum atomic E-state index is -0.682. The van der Waals surface area contributed by atoms with Gasteiger partial charge in [0.05, 0.1) is 0 Å². The van der Waals surface area contributed by atoms with Gasteiger partial charge in [0.1, 0.15) is 0 Å². The van der Waals surface area contributed by atoms with E-state index in [0.717, 1.165) is 72.2 Å². The second kappa shape index (κ2) is 11.9. The highest BCUT2D eigenvalue weighted by molar-refractivity contribution is 6.00. The van der Waals surface area contributed by atoms with Crippen LogP contribution in [0.25, 0.3) is 11.1 Å². The lowest BCUT2D eigenvalue weighted by Crippen LogP contribution is -2.20. The Balaban J connectivity index is 1.42. The first-order chi connectivity index (χ1) is 17.4. The van der Waals surface area contributed by atoms with E-state index in [0.29, 0.717) is 18.3 Å². The molecule has 188 valence electrons. The van der Waals surface area contributed by atoms with Gasteiger partial charge in [-0.25, -0.2) is 4.79 Å². The maximum Gasteiger partial charge on any atom is 0.323 e. The number of carbonyl (C=O) groups is 2. The molecule has 3 aromatic rings. The van der Waals surface area contributed by atoms with Gasteiger partial charge in [-0.3, -0.25) is 4.79 Å². The van der Waals surface area contributed by atoms with Gasteiger partial charge in [-0.15, -0.1) is 0 Å². The van der Waals surface area contributed by atoms with Crippen molar-refractivity contribution in [1.82, 2.24) is 0 Å². The Morgan fingerprint density at radius 3 is 2.28 bits per heavy atom. The number of urea groups is 1. The number of anilines is 2. The van der Waals surface area contributed by atoms with E-state index in [1.807, 2.05) is 37.3 Å². The van der Waals surface area contributed by atoms with Crippen molar-refractivity contribution in [1.29, 1.82) is 0 Å². The quantitative estimate of drug-likeness (QED) is 0.303. The number of hydrogen-bond donors (Lipinski definition) is 3. The topological polar surface area (TPSA) is 78.4 Å². The molecular weight excluding hydrogens is 448 g/mol. The molecule has 0 spiro atoms. The second-order valence-corrected chi connectivity index (χ2v) is 10.0. The summed E-state index contributed by atoms with van der Waals surface area (Å²) in [5.74, 6) is 0.151. The van der Waals surface area contributed by atoms with Crippen LogP contribution in [0.1, 0.15) is 68.1 Å². The molecule has 1 aliphatic carbocycles. The van der Waals surface area contributed by atoms with Crippen LogP contribution in [0.4, 0.5) is 16.2 Å². The molecule has 0 saturated heterocycles. The van der Waals surface area contributed by atoms with Crippen LogP contribution in [-0.4, -0.2) is 17.1 Å². The molecule has 2 amide bonds. The summed E-state index contributed by atoms with van der Waals surface area (Å²) in [4.78, 5) is 23.6. The first kappa shape index (κ1) is 25.5. The molecule has 5 heteroatoms. The molecule has 1 saturated carbocycles. The summed E-state index contributed by atoms with van der Waals surface area (Å²) in [6, 6.07) is 22.6. The fourth-order valence-electron chi connectivity index (χ4n) is 5.27. The Kier molecular flexibility index (Phi) is 8.42. The van der Waals surface area contributed by atoms with Gasteiger partial charge in [-0.1, -0.05) is 55.8 Å². The summed E-state index contributed by atoms with van der Waals surface area (Å²) < 4.78 is 0. The molecule has 0 atom stereocenters. The predicted octanol–water partition coefficient (Wildman–Crippen LogP) is 8.01. The van der Waals surface area contributed by atoms with Gasteiger partial charge in [0.15, 0.2) is 0 Å². The van der Waals surface area contributed by atoms with Crippen LogP contribution in [0.3, 0.4) is 0 Å². The van der Waals surface area contributed by atoms with Crippen LogP contribution in [0.5, 0.6) is 0 Å². The van der Waals surface area contributed by atoms with Gasteiger partial charge in [-0.2, -0.15) is 0 Å². The fraction of sp³-hybridized carbons (Fsp3) is 0.355. The zero-order valence-electron chi connectivity index (χ0n) is 21.2. The molecule has 0 radical (unpaired) electrons. The van der Waals surface area contributed by atoms with Crippen molar-refractivity contribution < 1.29 is 14.7 Å². The summed E-state index contributed by atoms with van der Waals surface area (Å²) >= 11 is 0. The zero-order chi connectivity index (χ0) is 25.5. The van der Waals surface area contributed by atoms with E-state index < -0.39 is 5.97 Å². The van der Waals surface area contributed by atoms with E-state index in [-0.39, 0.29) is 6.03 Å². The monoisotopic (exact) mass is 484 g/mol. The SMILES string of the molecule is CCCc1cc(-c2ccc(C3CCC(CC(=O)O)CC3)cc2)ccc1NC(=O)Nc1cccc(C)c1. The summed E-state index contributed by atoms with van der Waals surface area (Å²) in [7, 11) is 0. The normalized spacial score (nSPS) is 17.4. The zero-order valence-corrected chi connectivity index (χ0v) is 21.2. The van der Waals surface area contributed by atoms with Crippen LogP contribution < -0.4 is 10.6 Å². The Morgan fingerprint density at radius 1 is 0.889 bits per heavy atom. The number of aryl methyl sites for hydroxylation is 2. The number of aliphatic carboxylic acids is 1. The number of hydrogen-bond acceptors (Lipinski definition) is 2. The van der Waals surface area contributed by atoms with Crippen molar-refractivity contribution in [3.8, 4) is 11.1 Å². The third-order valence-electron chi connectivity index (χ3n) is 7.17. The van der Waals surface area contributed by atoms with Gasteiger partial charge < -0.3 is 15.7 Å². The van der Waals surface area contributed by atoms with E-state index in [4.69, 9.17) is 5.11 Å². The van der Waals surface area contributed by atoms with Gasteiger partial charge in [0.25, 0.3) is 0 Å². The molecule has 4 rings (SSSR count). The van der Waals surface area contributed by atoms with Crippen molar-refractivity contribution in [3.63, 3.8) is 0 Å². The summed E-state index contributed by atoms with van der Waals surface area (Å²) in [5, 5.41) is 15.0. The fourth-order valence-corrected chi connectivity index (χ4v) is 5.27. The number of nitrogens with one attached hydrogen (secondary N) is 2. The minimum absolute atomic E-state index is 0.242. The number of carbonyl (C=O) groups excluding carboxylic acids is 1. The molecule has 0 heterocycles. The Morgan fingerprint density at radius 2 is 1.61 bits per heavy atom. The lowest BCUT2D eigenvalue weighted by Gasteiger charge is -2.28. The van der Waals surface area contributed by atoms with Crippen molar-refractivity contribution in [2.24, 2.45) is 5.92 Å². The predicted molar refractivity (Wildman–Crippen MR) is 147 cm³/mol. The summed E-state index contributed by atoms with van der Waals surface area (Å²) in [6.07, 6.45) is 6.26. The molecule has 0 bridgehead atoms. The molecular formula is C31H36N2O3. The number of carboxylic acids is 1. The van der Waals surface area contributed by atoms with Crippen LogP contribution >= 0.6 is 0 Å². The van der Waals surface area contributed by atoms with Crippen LogP contribution in [0.2, 0.25) is 0 Å². The van der Waals surface area contributed by atoms with Crippen LogP contribution in [0.15, 0.2) is 66.7 Å².